The molecule has 1 fully saturated rings. The molecule has 1 saturated heterocycles. The fraction of sp³-hybridized carbons (Fsp3) is 0.417. The number of alkyl halides is 1. The van der Waals surface area contributed by atoms with Crippen molar-refractivity contribution in [3.63, 3.8) is 0 Å². The van der Waals surface area contributed by atoms with E-state index in [2.05, 4.69) is 0 Å². The Morgan fingerprint density at radius 2 is 2.06 bits per heavy atom. The molecule has 0 bridgehead atoms. The van der Waals surface area contributed by atoms with E-state index >= 15 is 0 Å². The molecule has 0 saturated carbocycles. The lowest BCUT2D eigenvalue weighted by Gasteiger charge is -2.15. The summed E-state index contributed by atoms with van der Waals surface area (Å²) in [6, 6.07) is 6.39. The van der Waals surface area contributed by atoms with E-state index in [0.717, 1.165) is 0 Å². The van der Waals surface area contributed by atoms with Crippen LogP contribution in [0.15, 0.2) is 24.3 Å². The van der Waals surface area contributed by atoms with Crippen LogP contribution in [0, 0.1) is 5.92 Å². The predicted octanol–water partition coefficient (Wildman–Crippen LogP) is 1.94. The minimum Gasteiger partial charge on any atom is -0.298 e. The molecule has 92 valence electrons. The van der Waals surface area contributed by atoms with Crippen LogP contribution in [0.3, 0.4) is 0 Å². The van der Waals surface area contributed by atoms with Gasteiger partial charge in [-0.1, -0.05) is 24.3 Å². The number of benzene rings is 1. The molecule has 0 amide bonds. The van der Waals surface area contributed by atoms with Crippen molar-refractivity contribution in [2.24, 2.45) is 5.92 Å². The third-order valence-corrected chi connectivity index (χ3v) is 4.90. The number of rotatable bonds is 3. The van der Waals surface area contributed by atoms with Crippen LogP contribution in [0.2, 0.25) is 0 Å². The predicted molar refractivity (Wildman–Crippen MR) is 62.4 cm³/mol. The summed E-state index contributed by atoms with van der Waals surface area (Å²) in [5, 5.41) is 0. The van der Waals surface area contributed by atoms with Gasteiger partial charge in [-0.2, -0.15) is 0 Å². The number of halogens is 1. The van der Waals surface area contributed by atoms with Crippen molar-refractivity contribution in [3.8, 4) is 0 Å². The highest BCUT2D eigenvalue weighted by molar-refractivity contribution is 7.91. The van der Waals surface area contributed by atoms with E-state index in [1.807, 2.05) is 0 Å². The second kappa shape index (κ2) is 4.56. The third kappa shape index (κ3) is 2.54. The topological polar surface area (TPSA) is 51.2 Å². The van der Waals surface area contributed by atoms with E-state index in [0.29, 0.717) is 23.8 Å². The maximum atomic E-state index is 14.2. The van der Waals surface area contributed by atoms with Gasteiger partial charge in [0, 0.05) is 11.5 Å². The first-order chi connectivity index (χ1) is 8.03. The Morgan fingerprint density at radius 3 is 2.65 bits per heavy atom. The van der Waals surface area contributed by atoms with Crippen molar-refractivity contribution < 1.29 is 17.6 Å². The second-order valence-corrected chi connectivity index (χ2v) is 6.54. The maximum absolute atomic E-state index is 14.2. The largest absolute Gasteiger partial charge is 0.298 e. The van der Waals surface area contributed by atoms with E-state index in [9.17, 15) is 17.6 Å². The van der Waals surface area contributed by atoms with Crippen molar-refractivity contribution in [3.05, 3.63) is 35.4 Å². The van der Waals surface area contributed by atoms with Crippen molar-refractivity contribution >= 4 is 16.1 Å². The monoisotopic (exact) mass is 256 g/mol. The number of carbonyl (C=O) groups excluding carboxylic acids is 1. The second-order valence-electron chi connectivity index (χ2n) is 4.31. The van der Waals surface area contributed by atoms with Crippen LogP contribution < -0.4 is 0 Å². The molecule has 3 nitrogen and oxygen atoms in total. The first kappa shape index (κ1) is 12.2. The van der Waals surface area contributed by atoms with Gasteiger partial charge in [0.05, 0.1) is 11.5 Å². The van der Waals surface area contributed by atoms with Crippen LogP contribution in [0.25, 0.3) is 0 Å². The van der Waals surface area contributed by atoms with Crippen molar-refractivity contribution in [1.29, 1.82) is 0 Å². The lowest BCUT2D eigenvalue weighted by atomic mass is 9.93. The summed E-state index contributed by atoms with van der Waals surface area (Å²) >= 11 is 0. The van der Waals surface area contributed by atoms with Gasteiger partial charge in [-0.3, -0.25) is 4.79 Å². The number of hydrogen-bond donors (Lipinski definition) is 0. The Labute approximate surface area is 99.6 Å². The molecule has 5 heteroatoms. The molecule has 1 heterocycles. The van der Waals surface area contributed by atoms with E-state index in [1.54, 1.807) is 24.3 Å². The van der Waals surface area contributed by atoms with E-state index in [1.165, 1.54) is 0 Å². The van der Waals surface area contributed by atoms with Crippen LogP contribution in [0.1, 0.15) is 28.5 Å². The fourth-order valence-electron chi connectivity index (χ4n) is 2.18. The molecule has 1 aromatic carbocycles. The van der Waals surface area contributed by atoms with E-state index in [-0.39, 0.29) is 11.5 Å². The highest BCUT2D eigenvalue weighted by Gasteiger charge is 2.35. The van der Waals surface area contributed by atoms with Gasteiger partial charge in [0.25, 0.3) is 0 Å². The highest BCUT2D eigenvalue weighted by Crippen LogP contribution is 2.35. The summed E-state index contributed by atoms with van der Waals surface area (Å²) in [4.78, 5) is 10.8. The molecular formula is C12H13FO3S. The van der Waals surface area contributed by atoms with Gasteiger partial charge in [-0.25, -0.2) is 12.8 Å². The zero-order valence-corrected chi connectivity index (χ0v) is 9.99. The molecule has 0 radical (unpaired) electrons. The minimum atomic E-state index is -3.10. The summed E-state index contributed by atoms with van der Waals surface area (Å²) in [6.07, 6.45) is -0.448. The first-order valence-electron chi connectivity index (χ1n) is 5.42. The van der Waals surface area contributed by atoms with Crippen molar-refractivity contribution in [1.82, 2.24) is 0 Å². The van der Waals surface area contributed by atoms with E-state index in [4.69, 9.17) is 0 Å². The summed E-state index contributed by atoms with van der Waals surface area (Å²) < 4.78 is 36.8. The van der Waals surface area contributed by atoms with Gasteiger partial charge in [-0.05, 0) is 12.0 Å². The van der Waals surface area contributed by atoms with Crippen molar-refractivity contribution in [2.45, 2.75) is 12.6 Å². The van der Waals surface area contributed by atoms with Gasteiger partial charge in [-0.15, -0.1) is 0 Å². The van der Waals surface area contributed by atoms with Crippen LogP contribution >= 0.6 is 0 Å². The molecule has 1 aliphatic rings. The normalized spacial score (nSPS) is 24.4. The van der Waals surface area contributed by atoms with Gasteiger partial charge in [0.1, 0.15) is 12.5 Å². The summed E-state index contributed by atoms with van der Waals surface area (Å²) in [7, 11) is -3.10. The van der Waals surface area contributed by atoms with Crippen molar-refractivity contribution in [2.75, 3.05) is 11.5 Å². The number of sulfone groups is 1. The molecule has 0 aromatic heterocycles. The zero-order chi connectivity index (χ0) is 12.5. The number of aldehydes is 1. The summed E-state index contributed by atoms with van der Waals surface area (Å²) in [5.74, 6) is -0.607. The van der Waals surface area contributed by atoms with Gasteiger partial charge in [0.2, 0.25) is 0 Å². The SMILES string of the molecule is O=Cc1ccccc1C(F)C1CCS(=O)(=O)C1. The summed E-state index contributed by atoms with van der Waals surface area (Å²) in [5.41, 5.74) is 0.592. The quantitative estimate of drug-likeness (QED) is 0.777. The maximum Gasteiger partial charge on any atom is 0.150 e. The Bertz CT molecular complexity index is 524. The standard InChI is InChI=1S/C12H13FO3S/c13-12(10-5-6-17(15,16)8-10)11-4-2-1-3-9(11)7-14/h1-4,7,10,12H,5-6,8H2. The molecular weight excluding hydrogens is 243 g/mol. The first-order valence-corrected chi connectivity index (χ1v) is 7.24. The molecule has 0 spiro atoms. The molecule has 2 atom stereocenters. The van der Waals surface area contributed by atoms with Gasteiger partial charge < -0.3 is 0 Å². The Balaban J connectivity index is 2.26. The lowest BCUT2D eigenvalue weighted by Crippen LogP contribution is -2.12. The lowest BCUT2D eigenvalue weighted by molar-refractivity contribution is 0.111. The Hall–Kier alpha value is -1.23. The molecule has 2 rings (SSSR count). The minimum absolute atomic E-state index is 0.0430. The molecule has 0 N–H and O–H groups in total. The molecule has 17 heavy (non-hydrogen) atoms. The van der Waals surface area contributed by atoms with Gasteiger partial charge in [0.15, 0.2) is 9.84 Å². The Morgan fingerprint density at radius 1 is 1.35 bits per heavy atom. The zero-order valence-electron chi connectivity index (χ0n) is 9.17. The molecule has 2 unspecified atom stereocenters. The molecule has 0 aliphatic carbocycles. The van der Waals surface area contributed by atoms with Crippen LogP contribution in [0.4, 0.5) is 4.39 Å². The fourth-order valence-corrected chi connectivity index (χ4v) is 3.99. The highest BCUT2D eigenvalue weighted by atomic mass is 32.2. The van der Waals surface area contributed by atoms with Crippen LogP contribution in [-0.4, -0.2) is 26.2 Å². The molecule has 1 aromatic rings. The van der Waals surface area contributed by atoms with Gasteiger partial charge >= 0.3 is 0 Å². The van der Waals surface area contributed by atoms with Crippen LogP contribution in [0.5, 0.6) is 0 Å². The average molecular weight is 256 g/mol. The van der Waals surface area contributed by atoms with E-state index < -0.39 is 21.9 Å². The number of hydrogen-bond acceptors (Lipinski definition) is 3. The Kier molecular flexibility index (Phi) is 3.28. The van der Waals surface area contributed by atoms with Crippen LogP contribution in [-0.2, 0) is 9.84 Å². The number of carbonyl (C=O) groups is 1. The smallest absolute Gasteiger partial charge is 0.150 e. The summed E-state index contributed by atoms with van der Waals surface area (Å²) in [6.45, 7) is 0. The average Bonchev–Trinajstić information content (AvgIpc) is 2.68. The molecule has 1 aliphatic heterocycles. The third-order valence-electron chi connectivity index (χ3n) is 3.10.